The summed E-state index contributed by atoms with van der Waals surface area (Å²) in [6.07, 6.45) is -7.26. The number of rotatable bonds is 6. The summed E-state index contributed by atoms with van der Waals surface area (Å²) >= 11 is 0. The number of amides is 2. The third-order valence-corrected chi connectivity index (χ3v) is 5.79. The monoisotopic (exact) mass is 501 g/mol. The lowest BCUT2D eigenvalue weighted by atomic mass is 9.92. The minimum Gasteiger partial charge on any atom is -0.354 e. The molecule has 1 heterocycles. The Morgan fingerprint density at radius 2 is 1.72 bits per heavy atom. The maximum atomic E-state index is 14.0. The molecule has 5 nitrogen and oxygen atoms in total. The molecule has 0 fully saturated rings. The summed E-state index contributed by atoms with van der Waals surface area (Å²) in [5, 5.41) is 4.97. The molecule has 0 saturated carbocycles. The van der Waals surface area contributed by atoms with E-state index >= 15 is 0 Å². The Morgan fingerprint density at radius 1 is 0.972 bits per heavy atom. The molecular formula is C26H20F5N3O2. The average molecular weight is 501 g/mol. The van der Waals surface area contributed by atoms with E-state index in [1.807, 2.05) is 0 Å². The van der Waals surface area contributed by atoms with Crippen LogP contribution >= 0.6 is 0 Å². The van der Waals surface area contributed by atoms with Crippen LogP contribution in [-0.2, 0) is 23.9 Å². The number of halogens is 5. The second-order valence-electron chi connectivity index (χ2n) is 8.10. The molecule has 1 aliphatic rings. The zero-order valence-electron chi connectivity index (χ0n) is 18.9. The first-order valence-corrected chi connectivity index (χ1v) is 10.9. The zero-order valence-corrected chi connectivity index (χ0v) is 18.9. The molecule has 0 saturated heterocycles. The molecule has 186 valence electrons. The summed E-state index contributed by atoms with van der Waals surface area (Å²) in [5.41, 5.74) is 0.997. The molecule has 0 unspecified atom stereocenters. The van der Waals surface area contributed by atoms with Crippen molar-refractivity contribution in [3.63, 3.8) is 0 Å². The summed E-state index contributed by atoms with van der Waals surface area (Å²) in [4.78, 5) is 28.9. The number of hydrogen-bond acceptors (Lipinski definition) is 3. The topological polar surface area (TPSA) is 70.6 Å². The van der Waals surface area contributed by atoms with Crippen LogP contribution in [0.2, 0.25) is 0 Å². The first-order chi connectivity index (χ1) is 17.1. The van der Waals surface area contributed by atoms with Crippen LogP contribution in [0.5, 0.6) is 0 Å². The highest BCUT2D eigenvalue weighted by Gasteiger charge is 2.30. The SMILES string of the molecule is CNC(=O)C1=Nc2cccc(-c3ccc(C(=O)NCc4cccc(C(F)(F)F)c4)cc3C(F)F)c2C1. The summed E-state index contributed by atoms with van der Waals surface area (Å²) in [6.45, 7) is -0.208. The number of carbonyl (C=O) groups excluding carboxylic acids is 2. The fraction of sp³-hybridized carbons (Fsp3) is 0.192. The summed E-state index contributed by atoms with van der Waals surface area (Å²) < 4.78 is 66.8. The van der Waals surface area contributed by atoms with Crippen LogP contribution in [0, 0.1) is 0 Å². The molecule has 36 heavy (non-hydrogen) atoms. The van der Waals surface area contributed by atoms with E-state index in [0.29, 0.717) is 16.8 Å². The van der Waals surface area contributed by atoms with Crippen molar-refractivity contribution in [1.82, 2.24) is 10.6 Å². The maximum Gasteiger partial charge on any atom is 0.416 e. The van der Waals surface area contributed by atoms with Crippen molar-refractivity contribution in [2.24, 2.45) is 4.99 Å². The van der Waals surface area contributed by atoms with E-state index in [1.165, 1.54) is 31.3 Å². The maximum absolute atomic E-state index is 14.0. The minimum atomic E-state index is -4.52. The van der Waals surface area contributed by atoms with Gasteiger partial charge in [-0.3, -0.25) is 9.59 Å². The van der Waals surface area contributed by atoms with Crippen molar-refractivity contribution in [1.29, 1.82) is 0 Å². The molecule has 0 aromatic heterocycles. The number of nitrogens with one attached hydrogen (secondary N) is 2. The van der Waals surface area contributed by atoms with E-state index in [4.69, 9.17) is 0 Å². The van der Waals surface area contributed by atoms with Gasteiger partial charge >= 0.3 is 6.18 Å². The lowest BCUT2D eigenvalue weighted by molar-refractivity contribution is -0.137. The molecule has 1 aliphatic heterocycles. The van der Waals surface area contributed by atoms with Crippen LogP contribution in [0.1, 0.15) is 39.0 Å². The molecule has 2 N–H and O–H groups in total. The Bertz CT molecular complexity index is 1370. The number of aliphatic imine (C=N–C) groups is 1. The predicted molar refractivity (Wildman–Crippen MR) is 124 cm³/mol. The normalized spacial score (nSPS) is 12.8. The number of alkyl halides is 5. The molecular weight excluding hydrogens is 481 g/mol. The highest BCUT2D eigenvalue weighted by atomic mass is 19.4. The molecule has 0 radical (unpaired) electrons. The van der Waals surface area contributed by atoms with Gasteiger partial charge in [0.25, 0.3) is 18.2 Å². The first kappa shape index (κ1) is 25.0. The molecule has 0 bridgehead atoms. The quantitative estimate of drug-likeness (QED) is 0.431. The van der Waals surface area contributed by atoms with Crippen LogP contribution in [0.25, 0.3) is 11.1 Å². The summed E-state index contributed by atoms with van der Waals surface area (Å²) in [6, 6.07) is 13.3. The van der Waals surface area contributed by atoms with Gasteiger partial charge in [0.15, 0.2) is 0 Å². The van der Waals surface area contributed by atoms with Crippen molar-refractivity contribution < 1.29 is 31.5 Å². The van der Waals surface area contributed by atoms with E-state index in [9.17, 15) is 31.5 Å². The largest absolute Gasteiger partial charge is 0.416 e. The zero-order chi connectivity index (χ0) is 26.0. The predicted octanol–water partition coefficient (Wildman–Crippen LogP) is 5.61. The summed E-state index contributed by atoms with van der Waals surface area (Å²) in [5.74, 6) is -1.07. The van der Waals surface area contributed by atoms with E-state index < -0.39 is 24.1 Å². The lowest BCUT2D eigenvalue weighted by Gasteiger charge is -2.15. The van der Waals surface area contributed by atoms with E-state index in [0.717, 1.165) is 18.2 Å². The van der Waals surface area contributed by atoms with Crippen LogP contribution in [0.4, 0.5) is 27.6 Å². The Morgan fingerprint density at radius 3 is 2.42 bits per heavy atom. The standard InChI is InChI=1S/C26H20F5N3O2/c1-32-25(36)22-12-19-17(6-3-7-21(19)34-22)18-9-8-15(11-20(18)23(27)28)24(35)33-13-14-4-2-5-16(10-14)26(29,30)31/h2-11,23H,12-13H2,1H3,(H,32,36)(H,33,35). The van der Waals surface area contributed by atoms with Crippen LogP contribution in [0.15, 0.2) is 65.7 Å². The van der Waals surface area contributed by atoms with Crippen LogP contribution < -0.4 is 10.6 Å². The molecule has 3 aromatic rings. The van der Waals surface area contributed by atoms with Crippen molar-refractivity contribution >= 4 is 23.2 Å². The number of hydrogen-bond donors (Lipinski definition) is 2. The van der Waals surface area contributed by atoms with Gasteiger partial charge in [-0.15, -0.1) is 0 Å². The number of fused-ring (bicyclic) bond motifs is 1. The van der Waals surface area contributed by atoms with Gasteiger partial charge in [-0.05, 0) is 52.6 Å². The number of nitrogens with zero attached hydrogens (tertiary/aromatic N) is 1. The molecule has 0 atom stereocenters. The second-order valence-corrected chi connectivity index (χ2v) is 8.10. The molecule has 3 aromatic carbocycles. The number of carbonyl (C=O) groups is 2. The second kappa shape index (κ2) is 9.88. The van der Waals surface area contributed by atoms with Crippen LogP contribution in [0.3, 0.4) is 0 Å². The third-order valence-electron chi connectivity index (χ3n) is 5.79. The summed E-state index contributed by atoms with van der Waals surface area (Å²) in [7, 11) is 1.47. The van der Waals surface area contributed by atoms with Gasteiger partial charge in [0.2, 0.25) is 0 Å². The van der Waals surface area contributed by atoms with Gasteiger partial charge in [0.1, 0.15) is 5.71 Å². The molecule has 0 spiro atoms. The molecule has 4 rings (SSSR count). The molecule has 0 aliphatic carbocycles. The Labute approximate surface area is 203 Å². The van der Waals surface area contributed by atoms with Crippen molar-refractivity contribution in [2.45, 2.75) is 25.6 Å². The van der Waals surface area contributed by atoms with Gasteiger partial charge in [0, 0.05) is 31.1 Å². The van der Waals surface area contributed by atoms with Crippen molar-refractivity contribution in [2.75, 3.05) is 7.05 Å². The highest BCUT2D eigenvalue weighted by Crippen LogP contribution is 2.39. The van der Waals surface area contributed by atoms with Gasteiger partial charge in [-0.25, -0.2) is 13.8 Å². The lowest BCUT2D eigenvalue weighted by Crippen LogP contribution is -2.27. The average Bonchev–Trinajstić information content (AvgIpc) is 3.30. The van der Waals surface area contributed by atoms with Gasteiger partial charge < -0.3 is 10.6 Å². The Kier molecular flexibility index (Phi) is 6.87. The smallest absolute Gasteiger partial charge is 0.354 e. The molecule has 10 heteroatoms. The highest BCUT2D eigenvalue weighted by molar-refractivity contribution is 6.41. The van der Waals surface area contributed by atoms with E-state index in [2.05, 4.69) is 15.6 Å². The Balaban J connectivity index is 1.58. The fourth-order valence-corrected chi connectivity index (χ4v) is 4.02. The van der Waals surface area contributed by atoms with Crippen molar-refractivity contribution in [3.05, 3.63) is 88.5 Å². The fourth-order valence-electron chi connectivity index (χ4n) is 4.02. The first-order valence-electron chi connectivity index (χ1n) is 10.9. The minimum absolute atomic E-state index is 0.0593. The van der Waals surface area contributed by atoms with Crippen LogP contribution in [-0.4, -0.2) is 24.6 Å². The van der Waals surface area contributed by atoms with E-state index in [-0.39, 0.29) is 46.8 Å². The van der Waals surface area contributed by atoms with E-state index in [1.54, 1.807) is 18.2 Å². The van der Waals surface area contributed by atoms with Gasteiger partial charge in [0.05, 0.1) is 11.3 Å². The Hall–Kier alpha value is -4.08. The van der Waals surface area contributed by atoms with Gasteiger partial charge in [-0.1, -0.05) is 30.3 Å². The molecule has 2 amide bonds. The van der Waals surface area contributed by atoms with Gasteiger partial charge in [-0.2, -0.15) is 13.2 Å². The third kappa shape index (κ3) is 5.12. The van der Waals surface area contributed by atoms with Crippen molar-refractivity contribution in [3.8, 4) is 11.1 Å². The number of benzene rings is 3.